The van der Waals surface area contributed by atoms with E-state index in [2.05, 4.69) is 0 Å². The SMILES string of the molecule is C.CO[C@H]1C[C@@H](C)C/C(C)=C/[C@@H](CCCC(=O)N2CCC(CO)CC2)C(=O)C[C@H](O)[C@@H](C)[C@@H](/C(C)=C/[C@@H]2CC[C@@H](O)[C@H](OC)C2)OC(=O)[C@@H]2CCCCN2C(=O)C(=O)[C@]2(O)O[C@H]1[C@@H](OC)C[C@H]2C. The predicted octanol–water partition coefficient (Wildman–Crippen LogP) is 5.10. The van der Waals surface area contributed by atoms with Crippen LogP contribution in [-0.2, 0) is 47.7 Å². The zero-order chi connectivity index (χ0) is 49.2. The fourth-order valence-corrected chi connectivity index (χ4v) is 11.3. The van der Waals surface area contributed by atoms with Crippen LogP contribution in [0.3, 0.4) is 0 Å². The first-order valence-electron chi connectivity index (χ1n) is 25.0. The van der Waals surface area contributed by atoms with Gasteiger partial charge in [-0.15, -0.1) is 0 Å². The third-order valence-corrected chi connectivity index (χ3v) is 15.6. The summed E-state index contributed by atoms with van der Waals surface area (Å²) in [6.07, 6.45) is 4.82. The Hall–Kier alpha value is -3.09. The topological polar surface area (TPSA) is 219 Å². The Morgan fingerprint density at radius 3 is 2.18 bits per heavy atom. The molecule has 0 radical (unpaired) electrons. The van der Waals surface area contributed by atoms with E-state index in [9.17, 15) is 44.4 Å². The third kappa shape index (κ3) is 14.3. The number of rotatable bonds is 10. The van der Waals surface area contributed by atoms with Gasteiger partial charge >= 0.3 is 5.97 Å². The van der Waals surface area contributed by atoms with Gasteiger partial charge < -0.3 is 53.9 Å². The first-order chi connectivity index (χ1) is 31.8. The van der Waals surface area contributed by atoms with E-state index in [4.69, 9.17) is 23.7 Å². The van der Waals surface area contributed by atoms with Gasteiger partial charge in [0.2, 0.25) is 11.7 Å². The summed E-state index contributed by atoms with van der Waals surface area (Å²) in [7, 11) is 4.59. The van der Waals surface area contributed by atoms with Gasteiger partial charge in [0.25, 0.3) is 11.7 Å². The summed E-state index contributed by atoms with van der Waals surface area (Å²) >= 11 is 0. The summed E-state index contributed by atoms with van der Waals surface area (Å²) in [5, 5.41) is 44.3. The number of hydrogen-bond donors (Lipinski definition) is 4. The predicted molar refractivity (Wildman–Crippen MR) is 255 cm³/mol. The van der Waals surface area contributed by atoms with Crippen LogP contribution in [0.15, 0.2) is 23.3 Å². The van der Waals surface area contributed by atoms with Crippen molar-refractivity contribution >= 4 is 29.4 Å². The molecule has 0 unspecified atom stereocenters. The number of carbonyl (C=O) groups excluding carboxylic acids is 5. The lowest BCUT2D eigenvalue weighted by Crippen LogP contribution is -2.64. The monoisotopic (exact) mass is 963 g/mol. The summed E-state index contributed by atoms with van der Waals surface area (Å²) < 4.78 is 30.0. The summed E-state index contributed by atoms with van der Waals surface area (Å²) in [6.45, 7) is 10.5. The van der Waals surface area contributed by atoms with Gasteiger partial charge in [-0.05, 0) is 121 Å². The molecule has 16 nitrogen and oxygen atoms in total. The molecule has 3 saturated heterocycles. The second kappa shape index (κ2) is 26.4. The summed E-state index contributed by atoms with van der Waals surface area (Å²) in [5.74, 6) is -7.97. The zero-order valence-corrected chi connectivity index (χ0v) is 41.4. The van der Waals surface area contributed by atoms with Crippen molar-refractivity contribution in [1.82, 2.24) is 9.80 Å². The molecule has 14 atom stereocenters. The van der Waals surface area contributed by atoms with E-state index in [0.29, 0.717) is 76.5 Å². The number of Topliss-reactive ketones (excluding diaryl/α,β-unsaturated/α-hetero) is 2. The molecule has 5 aliphatic rings. The molecule has 388 valence electrons. The lowest BCUT2D eigenvalue weighted by Gasteiger charge is -2.47. The smallest absolute Gasteiger partial charge is 0.329 e. The summed E-state index contributed by atoms with van der Waals surface area (Å²) in [6, 6.07) is -1.18. The Morgan fingerprint density at radius 2 is 1.53 bits per heavy atom. The minimum Gasteiger partial charge on any atom is -0.456 e. The highest BCUT2D eigenvalue weighted by Crippen LogP contribution is 2.39. The Kier molecular flexibility index (Phi) is 22.3. The van der Waals surface area contributed by atoms with E-state index in [-0.39, 0.29) is 81.8 Å². The number of piperidine rings is 2. The van der Waals surface area contributed by atoms with Gasteiger partial charge in [-0.2, -0.15) is 0 Å². The number of cyclic esters (lactones) is 1. The molecule has 1 aliphatic carbocycles. The second-order valence-electron chi connectivity index (χ2n) is 20.6. The van der Waals surface area contributed by atoms with Crippen molar-refractivity contribution < 1.29 is 68.1 Å². The number of carbonyl (C=O) groups is 5. The van der Waals surface area contributed by atoms with Crippen molar-refractivity contribution in [3.8, 4) is 0 Å². The maximum atomic E-state index is 14.5. The van der Waals surface area contributed by atoms with Crippen LogP contribution < -0.4 is 0 Å². The molecule has 5 rings (SSSR count). The zero-order valence-electron chi connectivity index (χ0n) is 41.4. The van der Waals surface area contributed by atoms with E-state index in [1.165, 1.54) is 19.1 Å². The molecule has 0 aromatic heterocycles. The number of fused-ring (bicyclic) bond motifs is 3. The number of allylic oxidation sites excluding steroid dienone is 3. The van der Waals surface area contributed by atoms with Crippen LogP contribution in [-0.4, -0.2) is 162 Å². The number of esters is 1. The first kappa shape index (κ1) is 57.5. The standard InChI is InChI=1S/C51H82N2O14.CH4/c1-30-22-31(2)24-43(64-7)47-44(65-8)26-33(4)51(62,67-47)48(59)49(60)53-19-10-9-13-38(53)50(61)66-46(32(3)25-36-15-16-39(55)42(27-36)63-6)34(5)40(56)28-41(57)37(23-30)12-11-14-45(58)52-20-17-35(29-54)18-21-52;/h23,25,31,33-40,42-44,46-47,54-56,62H,9-22,24,26-29H2,1-8H3;1H4/b30-23+,32-25+;/t31-,33+,34+,36-,37+,38-,39+,40-,42+,43-,44-,46+,47+,51+;/m0./s1. The van der Waals surface area contributed by atoms with E-state index in [0.717, 1.165) is 18.4 Å². The number of aliphatic hydroxyl groups excluding tert-OH is 3. The fraction of sp³-hybridized carbons (Fsp3) is 0.827. The summed E-state index contributed by atoms with van der Waals surface area (Å²) in [5.41, 5.74) is 1.54. The number of hydrogen-bond acceptors (Lipinski definition) is 14. The quantitative estimate of drug-likeness (QED) is 0.127. The van der Waals surface area contributed by atoms with Crippen LogP contribution >= 0.6 is 0 Å². The van der Waals surface area contributed by atoms with Crippen molar-refractivity contribution in [3.63, 3.8) is 0 Å². The highest BCUT2D eigenvalue weighted by atomic mass is 16.7. The lowest BCUT2D eigenvalue weighted by atomic mass is 9.81. The fourth-order valence-electron chi connectivity index (χ4n) is 11.3. The van der Waals surface area contributed by atoms with Gasteiger partial charge in [-0.1, -0.05) is 45.9 Å². The second-order valence-corrected chi connectivity index (χ2v) is 20.6. The Morgan fingerprint density at radius 1 is 0.868 bits per heavy atom. The largest absolute Gasteiger partial charge is 0.456 e. The molecule has 2 bridgehead atoms. The average molecular weight is 963 g/mol. The maximum absolute atomic E-state index is 14.5. The molecule has 0 spiro atoms. The number of likely N-dealkylation sites (tertiary alicyclic amines) is 1. The van der Waals surface area contributed by atoms with Gasteiger partial charge in [0.05, 0.1) is 30.5 Å². The van der Waals surface area contributed by atoms with E-state index < -0.39 is 83.9 Å². The van der Waals surface area contributed by atoms with Crippen molar-refractivity contribution in [3.05, 3.63) is 23.3 Å². The Labute approximate surface area is 405 Å². The van der Waals surface area contributed by atoms with Crippen LogP contribution in [0.1, 0.15) is 138 Å². The number of methoxy groups -OCH3 is 3. The average Bonchev–Trinajstić information content (AvgIpc) is 3.32. The van der Waals surface area contributed by atoms with E-state index in [1.807, 2.05) is 30.9 Å². The summed E-state index contributed by atoms with van der Waals surface area (Å²) in [4.78, 5) is 74.0. The molecule has 4 aliphatic heterocycles. The van der Waals surface area contributed by atoms with Crippen molar-refractivity contribution in [1.29, 1.82) is 0 Å². The molecule has 0 aromatic rings. The number of nitrogens with zero attached hydrogens (tertiary/aromatic N) is 2. The Bertz CT molecular complexity index is 1750. The minimum atomic E-state index is -2.55. The highest BCUT2D eigenvalue weighted by molar-refractivity contribution is 6.39. The molecule has 1 saturated carbocycles. The van der Waals surface area contributed by atoms with Gasteiger partial charge in [0.1, 0.15) is 24.0 Å². The van der Waals surface area contributed by atoms with Crippen LogP contribution in [0.2, 0.25) is 0 Å². The first-order valence-corrected chi connectivity index (χ1v) is 25.0. The minimum absolute atomic E-state index is 0. The number of ketones is 2. The van der Waals surface area contributed by atoms with Crippen molar-refractivity contribution in [2.45, 2.75) is 193 Å². The molecule has 4 N–H and O–H groups in total. The molecular formula is C52H86N2O14. The number of amides is 2. The van der Waals surface area contributed by atoms with Crippen LogP contribution in [0.25, 0.3) is 0 Å². The molecule has 2 amide bonds. The van der Waals surface area contributed by atoms with Crippen molar-refractivity contribution in [2.75, 3.05) is 47.6 Å². The molecule has 4 heterocycles. The third-order valence-electron chi connectivity index (χ3n) is 15.6. The number of ether oxygens (including phenoxy) is 5. The van der Waals surface area contributed by atoms with Gasteiger partial charge in [-0.3, -0.25) is 19.2 Å². The van der Waals surface area contributed by atoms with Gasteiger partial charge in [0.15, 0.2) is 0 Å². The van der Waals surface area contributed by atoms with Gasteiger partial charge in [0, 0.05) is 78.2 Å². The molecule has 68 heavy (non-hydrogen) atoms. The molecule has 0 aromatic carbocycles. The Balaban J connectivity index is 0.0000101. The van der Waals surface area contributed by atoms with Crippen LogP contribution in [0, 0.1) is 35.5 Å². The van der Waals surface area contributed by atoms with Gasteiger partial charge in [-0.25, -0.2) is 4.79 Å². The molecule has 16 heteroatoms. The molecule has 4 fully saturated rings. The van der Waals surface area contributed by atoms with E-state index >= 15 is 0 Å². The number of aliphatic hydroxyl groups is 4. The molecular weight excluding hydrogens is 877 g/mol. The highest BCUT2D eigenvalue weighted by Gasteiger charge is 2.56. The van der Waals surface area contributed by atoms with E-state index in [1.54, 1.807) is 27.9 Å². The normalized spacial score (nSPS) is 37.8. The maximum Gasteiger partial charge on any atom is 0.329 e. The van der Waals surface area contributed by atoms with Crippen LogP contribution in [0.5, 0.6) is 0 Å². The lowest BCUT2D eigenvalue weighted by molar-refractivity contribution is -0.302. The van der Waals surface area contributed by atoms with Crippen LogP contribution in [0.4, 0.5) is 0 Å². The van der Waals surface area contributed by atoms with Crippen molar-refractivity contribution in [2.24, 2.45) is 35.5 Å².